The number of ketones is 1. The second-order valence-electron chi connectivity index (χ2n) is 4.57. The second kappa shape index (κ2) is 4.31. The summed E-state index contributed by atoms with van der Waals surface area (Å²) >= 11 is 0. The van der Waals surface area contributed by atoms with Crippen molar-refractivity contribution in [3.8, 4) is 0 Å². The lowest BCUT2D eigenvalue weighted by Crippen LogP contribution is -2.05. The van der Waals surface area contributed by atoms with Crippen molar-refractivity contribution in [3.05, 3.63) is 59.8 Å². The van der Waals surface area contributed by atoms with Crippen molar-refractivity contribution in [2.24, 2.45) is 7.05 Å². The molecule has 0 saturated carbocycles. The summed E-state index contributed by atoms with van der Waals surface area (Å²) in [6.07, 6.45) is 5.09. The van der Waals surface area contributed by atoms with Crippen molar-refractivity contribution in [1.29, 1.82) is 0 Å². The summed E-state index contributed by atoms with van der Waals surface area (Å²) in [5, 5.41) is 1.04. The molecule has 4 nitrogen and oxygen atoms in total. The van der Waals surface area contributed by atoms with E-state index in [0.717, 1.165) is 16.5 Å². The van der Waals surface area contributed by atoms with Gasteiger partial charge < -0.3 is 4.57 Å². The predicted octanol–water partition coefficient (Wildman–Crippen LogP) is 2.51. The van der Waals surface area contributed by atoms with Crippen molar-refractivity contribution < 1.29 is 4.79 Å². The minimum absolute atomic E-state index is 0.0642. The van der Waals surface area contributed by atoms with Gasteiger partial charge in [0, 0.05) is 30.4 Å². The lowest BCUT2D eigenvalue weighted by Gasteiger charge is -2.06. The number of hydrogen-bond donors (Lipinski definition) is 0. The van der Waals surface area contributed by atoms with Crippen molar-refractivity contribution in [2.75, 3.05) is 0 Å². The Morgan fingerprint density at radius 1 is 1.21 bits per heavy atom. The topological polar surface area (TPSA) is 47.8 Å². The van der Waals surface area contributed by atoms with E-state index in [1.54, 1.807) is 23.3 Å². The fourth-order valence-electron chi connectivity index (χ4n) is 2.21. The van der Waals surface area contributed by atoms with Crippen molar-refractivity contribution >= 4 is 16.7 Å². The first-order chi connectivity index (χ1) is 9.16. The lowest BCUT2D eigenvalue weighted by molar-refractivity contribution is 0.103. The first kappa shape index (κ1) is 11.6. The molecular weight excluding hydrogens is 238 g/mol. The molecule has 0 aliphatic carbocycles. The molecule has 1 aromatic carbocycles. The van der Waals surface area contributed by atoms with Gasteiger partial charge in [0.15, 0.2) is 0 Å². The van der Waals surface area contributed by atoms with Crippen LogP contribution in [0.25, 0.3) is 10.9 Å². The Balaban J connectivity index is 2.15. The molecule has 0 fully saturated rings. The fourth-order valence-corrected chi connectivity index (χ4v) is 2.21. The maximum absolute atomic E-state index is 12.4. The van der Waals surface area contributed by atoms with Crippen LogP contribution in [0.4, 0.5) is 0 Å². The summed E-state index contributed by atoms with van der Waals surface area (Å²) in [4.78, 5) is 20.9. The molecule has 0 aliphatic heterocycles. The third kappa shape index (κ3) is 1.91. The highest BCUT2D eigenvalue weighted by Gasteiger charge is 2.15. The smallest absolute Gasteiger partial charge is 0.213 e. The summed E-state index contributed by atoms with van der Waals surface area (Å²) in [6.45, 7) is 1.92. The molecule has 0 N–H and O–H groups in total. The van der Waals surface area contributed by atoms with Crippen molar-refractivity contribution in [3.63, 3.8) is 0 Å². The number of aromatic nitrogens is 3. The summed E-state index contributed by atoms with van der Waals surface area (Å²) < 4.78 is 1.77. The molecule has 0 saturated heterocycles. The average Bonchev–Trinajstić information content (AvgIpc) is 2.85. The van der Waals surface area contributed by atoms with Gasteiger partial charge in [0.25, 0.3) is 0 Å². The fraction of sp³-hybridized carbons (Fsp3) is 0.133. The van der Waals surface area contributed by atoms with Crippen LogP contribution in [0, 0.1) is 6.92 Å². The molecule has 0 spiro atoms. The number of carbonyl (C=O) groups is 1. The molecular formula is C15H13N3O. The number of nitrogens with zero attached hydrogens (tertiary/aromatic N) is 3. The number of rotatable bonds is 2. The van der Waals surface area contributed by atoms with Crippen molar-refractivity contribution in [1.82, 2.24) is 14.5 Å². The van der Waals surface area contributed by atoms with E-state index >= 15 is 0 Å². The Bertz CT molecular complexity index is 774. The van der Waals surface area contributed by atoms with E-state index in [-0.39, 0.29) is 5.78 Å². The molecule has 3 rings (SSSR count). The molecule has 0 aliphatic rings. The summed E-state index contributed by atoms with van der Waals surface area (Å²) in [6, 6.07) is 7.65. The van der Waals surface area contributed by atoms with E-state index in [2.05, 4.69) is 9.97 Å². The van der Waals surface area contributed by atoms with Crippen LogP contribution in [0.1, 0.15) is 21.6 Å². The molecule has 0 atom stereocenters. The first-order valence-electron chi connectivity index (χ1n) is 6.04. The minimum Gasteiger partial charge on any atom is -0.340 e. The Hall–Kier alpha value is -2.49. The Morgan fingerprint density at radius 3 is 2.79 bits per heavy atom. The van der Waals surface area contributed by atoms with Gasteiger partial charge in [0.2, 0.25) is 5.78 Å². The van der Waals surface area contributed by atoms with Gasteiger partial charge in [-0.2, -0.15) is 0 Å². The van der Waals surface area contributed by atoms with Crippen LogP contribution in [0.5, 0.6) is 0 Å². The van der Waals surface area contributed by atoms with Crippen LogP contribution in [-0.4, -0.2) is 20.3 Å². The third-order valence-electron chi connectivity index (χ3n) is 3.21. The van der Waals surface area contributed by atoms with Crippen LogP contribution in [-0.2, 0) is 7.05 Å². The quantitative estimate of drug-likeness (QED) is 0.657. The Kier molecular flexibility index (Phi) is 2.63. The standard InChI is InChI=1S/C15H13N3O/c1-10-12(15(19)13-8-18(2)9-17-13)6-5-11-4-3-7-16-14(10)11/h3-9H,1-2H3. The SMILES string of the molecule is Cc1c(C(=O)c2cn(C)cn2)ccc2cccnc12. The molecule has 2 aromatic heterocycles. The van der Waals surface area contributed by atoms with Crippen LogP contribution in [0.3, 0.4) is 0 Å². The molecule has 0 unspecified atom stereocenters. The molecule has 0 bridgehead atoms. The molecule has 94 valence electrons. The van der Waals surface area contributed by atoms with Gasteiger partial charge in [0.05, 0.1) is 11.8 Å². The number of pyridine rings is 1. The van der Waals surface area contributed by atoms with Crippen molar-refractivity contribution in [2.45, 2.75) is 6.92 Å². The predicted molar refractivity (Wildman–Crippen MR) is 73.1 cm³/mol. The third-order valence-corrected chi connectivity index (χ3v) is 3.21. The number of hydrogen-bond acceptors (Lipinski definition) is 3. The zero-order valence-corrected chi connectivity index (χ0v) is 10.8. The first-order valence-corrected chi connectivity index (χ1v) is 6.04. The molecule has 0 radical (unpaired) electrons. The maximum atomic E-state index is 12.4. The molecule has 3 aromatic rings. The minimum atomic E-state index is -0.0642. The zero-order chi connectivity index (χ0) is 13.4. The highest BCUT2D eigenvalue weighted by atomic mass is 16.1. The van der Waals surface area contributed by atoms with E-state index in [9.17, 15) is 4.79 Å². The van der Waals surface area contributed by atoms with Crippen LogP contribution >= 0.6 is 0 Å². The van der Waals surface area contributed by atoms with E-state index in [1.165, 1.54) is 0 Å². The molecule has 2 heterocycles. The lowest BCUT2D eigenvalue weighted by atomic mass is 10.00. The number of imidazole rings is 1. The summed E-state index contributed by atoms with van der Waals surface area (Å²) in [7, 11) is 1.85. The second-order valence-corrected chi connectivity index (χ2v) is 4.57. The molecule has 4 heteroatoms. The molecule has 19 heavy (non-hydrogen) atoms. The van der Waals surface area contributed by atoms with Gasteiger partial charge >= 0.3 is 0 Å². The van der Waals surface area contributed by atoms with Gasteiger partial charge in [-0.3, -0.25) is 9.78 Å². The number of carbonyl (C=O) groups excluding carboxylic acids is 1. The monoisotopic (exact) mass is 251 g/mol. The van der Waals surface area contributed by atoms with E-state index in [1.807, 2.05) is 38.2 Å². The Labute approximate surface area is 110 Å². The highest BCUT2D eigenvalue weighted by Crippen LogP contribution is 2.21. The summed E-state index contributed by atoms with van der Waals surface area (Å²) in [5.74, 6) is -0.0642. The Morgan fingerprint density at radius 2 is 2.05 bits per heavy atom. The maximum Gasteiger partial charge on any atom is 0.213 e. The largest absolute Gasteiger partial charge is 0.340 e. The van der Waals surface area contributed by atoms with E-state index in [4.69, 9.17) is 0 Å². The normalized spacial score (nSPS) is 10.8. The van der Waals surface area contributed by atoms with Crippen LogP contribution in [0.15, 0.2) is 43.0 Å². The number of benzene rings is 1. The van der Waals surface area contributed by atoms with E-state index in [0.29, 0.717) is 11.3 Å². The number of aryl methyl sites for hydroxylation is 2. The van der Waals surface area contributed by atoms with E-state index < -0.39 is 0 Å². The van der Waals surface area contributed by atoms with Gasteiger partial charge in [-0.1, -0.05) is 12.1 Å². The zero-order valence-electron chi connectivity index (χ0n) is 10.8. The molecule has 0 amide bonds. The van der Waals surface area contributed by atoms with Crippen LogP contribution < -0.4 is 0 Å². The highest BCUT2D eigenvalue weighted by molar-refractivity contribution is 6.10. The number of fused-ring (bicyclic) bond motifs is 1. The van der Waals surface area contributed by atoms with Gasteiger partial charge in [-0.05, 0) is 24.6 Å². The van der Waals surface area contributed by atoms with Gasteiger partial charge in [0.1, 0.15) is 5.69 Å². The van der Waals surface area contributed by atoms with Gasteiger partial charge in [-0.25, -0.2) is 4.98 Å². The van der Waals surface area contributed by atoms with Gasteiger partial charge in [-0.15, -0.1) is 0 Å². The average molecular weight is 251 g/mol. The van der Waals surface area contributed by atoms with Crippen LogP contribution in [0.2, 0.25) is 0 Å². The summed E-state index contributed by atoms with van der Waals surface area (Å²) in [5.41, 5.74) is 2.88.